The average molecular weight is 287 g/mol. The molecule has 6 heteroatoms. The zero-order valence-corrected chi connectivity index (χ0v) is 11.9. The molecule has 1 aromatic carbocycles. The maximum absolute atomic E-state index is 5.95. The van der Waals surface area contributed by atoms with Gasteiger partial charge in [-0.25, -0.2) is 4.98 Å². The fraction of sp³-hybridized carbons (Fsp3) is 0.143. The minimum atomic E-state index is 0.360. The van der Waals surface area contributed by atoms with Crippen molar-refractivity contribution < 1.29 is 9.26 Å². The van der Waals surface area contributed by atoms with E-state index in [0.29, 0.717) is 11.6 Å². The van der Waals surface area contributed by atoms with Gasteiger partial charge < -0.3 is 15.0 Å². The number of nitrogens with two attached hydrogens (primary N) is 1. The Morgan fingerprint density at radius 1 is 1.35 bits per heavy atom. The molecule has 0 bridgehead atoms. The summed E-state index contributed by atoms with van der Waals surface area (Å²) >= 11 is 1.54. The number of nitrogen functional groups attached to an aromatic ring is 1. The smallest absolute Gasteiger partial charge is 0.188 e. The molecule has 0 aliphatic carbocycles. The van der Waals surface area contributed by atoms with Crippen LogP contribution in [0.15, 0.2) is 35.0 Å². The molecule has 2 N–H and O–H groups in total. The van der Waals surface area contributed by atoms with E-state index >= 15 is 0 Å². The van der Waals surface area contributed by atoms with Crippen molar-refractivity contribution in [3.63, 3.8) is 0 Å². The van der Waals surface area contributed by atoms with Crippen LogP contribution >= 0.6 is 11.3 Å². The van der Waals surface area contributed by atoms with E-state index in [2.05, 4.69) is 10.1 Å². The molecule has 2 aromatic heterocycles. The van der Waals surface area contributed by atoms with Crippen LogP contribution in [0.3, 0.4) is 0 Å². The van der Waals surface area contributed by atoms with Crippen molar-refractivity contribution in [3.8, 4) is 27.5 Å². The van der Waals surface area contributed by atoms with Crippen molar-refractivity contribution in [2.24, 2.45) is 0 Å². The van der Waals surface area contributed by atoms with E-state index < -0.39 is 0 Å². The van der Waals surface area contributed by atoms with Gasteiger partial charge in [-0.3, -0.25) is 0 Å². The predicted octanol–water partition coefficient (Wildman–Crippen LogP) is 3.36. The van der Waals surface area contributed by atoms with Gasteiger partial charge in [0.25, 0.3) is 0 Å². The number of aryl methyl sites for hydroxylation is 1. The summed E-state index contributed by atoms with van der Waals surface area (Å²) in [4.78, 5) is 5.14. The monoisotopic (exact) mass is 287 g/mol. The van der Waals surface area contributed by atoms with Gasteiger partial charge in [0.05, 0.1) is 22.6 Å². The van der Waals surface area contributed by atoms with Crippen molar-refractivity contribution in [2.45, 2.75) is 6.92 Å². The number of hydrogen-bond acceptors (Lipinski definition) is 6. The van der Waals surface area contributed by atoms with E-state index in [4.69, 9.17) is 15.0 Å². The molecule has 102 valence electrons. The normalized spacial score (nSPS) is 10.7. The fourth-order valence-corrected chi connectivity index (χ4v) is 2.76. The quantitative estimate of drug-likeness (QED) is 0.799. The highest BCUT2D eigenvalue weighted by molar-refractivity contribution is 7.15. The minimum Gasteiger partial charge on any atom is -0.497 e. The highest BCUT2D eigenvalue weighted by atomic mass is 32.1. The first-order valence-corrected chi connectivity index (χ1v) is 6.83. The summed E-state index contributed by atoms with van der Waals surface area (Å²) in [5.41, 5.74) is 7.63. The number of benzene rings is 1. The topological polar surface area (TPSA) is 74.2 Å². The van der Waals surface area contributed by atoms with E-state index in [1.54, 1.807) is 24.6 Å². The molecule has 3 rings (SSSR count). The average Bonchev–Trinajstić information content (AvgIpc) is 3.05. The number of rotatable bonds is 3. The second kappa shape index (κ2) is 4.97. The van der Waals surface area contributed by atoms with Crippen molar-refractivity contribution >= 4 is 17.2 Å². The van der Waals surface area contributed by atoms with Crippen LogP contribution in [-0.2, 0) is 0 Å². The zero-order chi connectivity index (χ0) is 14.1. The standard InChI is InChI=1S/C14H13N3O2S/c1-8-16-7-11(20-8)13-12(14(15)17-19-13)9-4-3-5-10(6-9)18-2/h3-7H,1-2H3,(H2,15,17). The second-order valence-electron chi connectivity index (χ2n) is 4.25. The Morgan fingerprint density at radius 2 is 2.20 bits per heavy atom. The SMILES string of the molecule is COc1cccc(-c2c(N)noc2-c2cnc(C)s2)c1. The number of nitrogens with zero attached hydrogens (tertiary/aromatic N) is 2. The molecule has 0 aliphatic rings. The third-order valence-corrected chi connectivity index (χ3v) is 3.83. The Kier molecular flexibility index (Phi) is 3.15. The molecule has 0 amide bonds. The van der Waals surface area contributed by atoms with Crippen LogP contribution < -0.4 is 10.5 Å². The van der Waals surface area contributed by atoms with E-state index in [1.807, 2.05) is 31.2 Å². The molecule has 0 spiro atoms. The third-order valence-electron chi connectivity index (χ3n) is 2.92. The van der Waals surface area contributed by atoms with Crippen LogP contribution in [0.25, 0.3) is 21.8 Å². The summed E-state index contributed by atoms with van der Waals surface area (Å²) in [5, 5.41) is 4.84. The lowest BCUT2D eigenvalue weighted by atomic mass is 10.1. The Morgan fingerprint density at radius 3 is 2.90 bits per heavy atom. The van der Waals surface area contributed by atoms with Gasteiger partial charge in [-0.05, 0) is 24.6 Å². The van der Waals surface area contributed by atoms with Crippen molar-refractivity contribution in [3.05, 3.63) is 35.5 Å². The predicted molar refractivity (Wildman–Crippen MR) is 78.7 cm³/mol. The molecule has 2 heterocycles. The number of anilines is 1. The van der Waals surface area contributed by atoms with E-state index in [1.165, 1.54) is 0 Å². The molecule has 0 saturated carbocycles. The number of hydrogen-bond donors (Lipinski definition) is 1. The molecule has 0 saturated heterocycles. The molecule has 20 heavy (non-hydrogen) atoms. The Labute approximate surface area is 120 Å². The summed E-state index contributed by atoms with van der Waals surface area (Å²) in [7, 11) is 1.63. The van der Waals surface area contributed by atoms with Gasteiger partial charge >= 0.3 is 0 Å². The van der Waals surface area contributed by atoms with Crippen LogP contribution in [0.2, 0.25) is 0 Å². The lowest BCUT2D eigenvalue weighted by molar-refractivity contribution is 0.415. The zero-order valence-electron chi connectivity index (χ0n) is 11.1. The van der Waals surface area contributed by atoms with Crippen LogP contribution in [0.1, 0.15) is 5.01 Å². The van der Waals surface area contributed by atoms with E-state index in [-0.39, 0.29) is 0 Å². The summed E-state index contributed by atoms with van der Waals surface area (Å²) in [6.07, 6.45) is 1.77. The summed E-state index contributed by atoms with van der Waals surface area (Å²) in [6, 6.07) is 7.63. The molecule has 0 atom stereocenters. The number of aromatic nitrogens is 2. The minimum absolute atomic E-state index is 0.360. The summed E-state index contributed by atoms with van der Waals surface area (Å²) in [5.74, 6) is 1.76. The second-order valence-corrected chi connectivity index (χ2v) is 5.48. The summed E-state index contributed by atoms with van der Waals surface area (Å²) < 4.78 is 10.6. The molecule has 0 aliphatic heterocycles. The van der Waals surface area contributed by atoms with Crippen LogP contribution in [0, 0.1) is 6.92 Å². The molecule has 0 radical (unpaired) electrons. The first kappa shape index (κ1) is 12.7. The van der Waals surface area contributed by atoms with Crippen LogP contribution in [0.5, 0.6) is 5.75 Å². The molecular formula is C14H13N3O2S. The molecule has 3 aromatic rings. The Hall–Kier alpha value is -2.34. The molecular weight excluding hydrogens is 274 g/mol. The number of ether oxygens (including phenoxy) is 1. The van der Waals surface area contributed by atoms with Gasteiger partial charge in [0.15, 0.2) is 11.6 Å². The first-order valence-electron chi connectivity index (χ1n) is 6.01. The molecule has 0 unspecified atom stereocenters. The lowest BCUT2D eigenvalue weighted by Crippen LogP contribution is -1.89. The summed E-state index contributed by atoms with van der Waals surface area (Å²) in [6.45, 7) is 1.94. The van der Waals surface area contributed by atoms with Gasteiger partial charge in [-0.2, -0.15) is 0 Å². The van der Waals surface area contributed by atoms with Gasteiger partial charge in [0.1, 0.15) is 5.75 Å². The third kappa shape index (κ3) is 2.14. The number of methoxy groups -OCH3 is 1. The highest BCUT2D eigenvalue weighted by Crippen LogP contribution is 2.39. The van der Waals surface area contributed by atoms with Crippen LogP contribution in [0.4, 0.5) is 5.82 Å². The van der Waals surface area contributed by atoms with E-state index in [0.717, 1.165) is 26.8 Å². The Bertz CT molecular complexity index is 748. The van der Waals surface area contributed by atoms with Crippen LogP contribution in [-0.4, -0.2) is 17.3 Å². The fourth-order valence-electron chi connectivity index (χ4n) is 1.99. The van der Waals surface area contributed by atoms with Gasteiger partial charge in [0, 0.05) is 6.20 Å². The van der Waals surface area contributed by atoms with Gasteiger partial charge in [-0.15, -0.1) is 11.3 Å². The maximum atomic E-state index is 5.95. The van der Waals surface area contributed by atoms with Crippen molar-refractivity contribution in [1.29, 1.82) is 0 Å². The van der Waals surface area contributed by atoms with Gasteiger partial charge in [0.2, 0.25) is 0 Å². The highest BCUT2D eigenvalue weighted by Gasteiger charge is 2.19. The van der Waals surface area contributed by atoms with Gasteiger partial charge in [-0.1, -0.05) is 17.3 Å². The van der Waals surface area contributed by atoms with E-state index in [9.17, 15) is 0 Å². The van der Waals surface area contributed by atoms with Crippen molar-refractivity contribution in [1.82, 2.24) is 10.1 Å². The number of thiazole rings is 1. The largest absolute Gasteiger partial charge is 0.497 e. The maximum Gasteiger partial charge on any atom is 0.188 e. The lowest BCUT2D eigenvalue weighted by Gasteiger charge is -2.04. The van der Waals surface area contributed by atoms with Crippen molar-refractivity contribution in [2.75, 3.05) is 12.8 Å². The molecule has 5 nitrogen and oxygen atoms in total. The first-order chi connectivity index (χ1) is 9.69. The molecule has 0 fully saturated rings. The Balaban J connectivity index is 2.15.